The molecule has 0 radical (unpaired) electrons. The van der Waals surface area contributed by atoms with E-state index in [4.69, 9.17) is 16.3 Å². The number of benzene rings is 2. The number of halogens is 2. The average Bonchev–Trinajstić information content (AvgIpc) is 2.42. The predicted molar refractivity (Wildman–Crippen MR) is 77.2 cm³/mol. The Bertz CT molecular complexity index is 653. The molecule has 0 aliphatic heterocycles. The molecule has 0 amide bonds. The largest absolute Gasteiger partial charge is 0.496 e. The van der Waals surface area contributed by atoms with E-state index in [0.717, 1.165) is 5.56 Å². The molecular formula is C16H14ClFO2. The number of ketones is 1. The first-order valence-corrected chi connectivity index (χ1v) is 6.51. The Hall–Kier alpha value is -1.87. The van der Waals surface area contributed by atoms with Gasteiger partial charge in [0, 0.05) is 11.4 Å². The molecule has 104 valence electrons. The Morgan fingerprint density at radius 2 is 2.00 bits per heavy atom. The Morgan fingerprint density at radius 1 is 1.25 bits per heavy atom. The third-order valence-corrected chi connectivity index (χ3v) is 3.25. The van der Waals surface area contributed by atoms with Gasteiger partial charge in [-0.15, -0.1) is 0 Å². The summed E-state index contributed by atoms with van der Waals surface area (Å²) in [4.78, 5) is 12.3. The lowest BCUT2D eigenvalue weighted by Gasteiger charge is -2.09. The molecule has 0 bridgehead atoms. The van der Waals surface area contributed by atoms with E-state index in [-0.39, 0.29) is 17.8 Å². The highest BCUT2D eigenvalue weighted by Crippen LogP contribution is 2.23. The SMILES string of the molecule is COc1cc(C)ccc1C(=O)Cc1cc(Cl)ccc1F. The summed E-state index contributed by atoms with van der Waals surface area (Å²) in [6.07, 6.45) is -0.0498. The molecule has 0 heterocycles. The fourth-order valence-electron chi connectivity index (χ4n) is 1.98. The standard InChI is InChI=1S/C16H14ClFO2/c1-10-3-5-13(16(7-10)20-2)15(19)9-11-8-12(17)4-6-14(11)18/h3-8H,9H2,1-2H3. The quantitative estimate of drug-likeness (QED) is 0.789. The van der Waals surface area contributed by atoms with Crippen LogP contribution in [0.3, 0.4) is 0 Å². The van der Waals surface area contributed by atoms with E-state index in [2.05, 4.69) is 0 Å². The fourth-order valence-corrected chi connectivity index (χ4v) is 2.17. The molecule has 0 atom stereocenters. The van der Waals surface area contributed by atoms with E-state index in [9.17, 15) is 9.18 Å². The molecule has 0 aromatic heterocycles. The van der Waals surface area contributed by atoms with Gasteiger partial charge in [0.2, 0.25) is 0 Å². The van der Waals surface area contributed by atoms with Gasteiger partial charge in [-0.3, -0.25) is 4.79 Å². The lowest BCUT2D eigenvalue weighted by molar-refractivity contribution is 0.0989. The Morgan fingerprint density at radius 3 is 2.70 bits per heavy atom. The summed E-state index contributed by atoms with van der Waals surface area (Å²) in [7, 11) is 1.51. The summed E-state index contributed by atoms with van der Waals surface area (Å²) in [5.74, 6) is -0.144. The van der Waals surface area contributed by atoms with Crippen molar-refractivity contribution in [3.05, 3.63) is 63.9 Å². The van der Waals surface area contributed by atoms with Crippen molar-refractivity contribution in [1.29, 1.82) is 0 Å². The highest BCUT2D eigenvalue weighted by atomic mass is 35.5. The zero-order valence-corrected chi connectivity index (χ0v) is 12.0. The molecule has 0 saturated heterocycles. The van der Waals surface area contributed by atoms with E-state index in [0.29, 0.717) is 16.3 Å². The van der Waals surface area contributed by atoms with Crippen LogP contribution < -0.4 is 4.74 Å². The third kappa shape index (κ3) is 3.17. The van der Waals surface area contributed by atoms with Gasteiger partial charge in [-0.05, 0) is 48.4 Å². The lowest BCUT2D eigenvalue weighted by atomic mass is 10.0. The molecular weight excluding hydrogens is 279 g/mol. The van der Waals surface area contributed by atoms with Crippen molar-refractivity contribution < 1.29 is 13.9 Å². The van der Waals surface area contributed by atoms with Crippen molar-refractivity contribution in [1.82, 2.24) is 0 Å². The van der Waals surface area contributed by atoms with E-state index in [1.165, 1.54) is 25.3 Å². The van der Waals surface area contributed by atoms with E-state index < -0.39 is 5.82 Å². The Balaban J connectivity index is 2.30. The molecule has 2 aromatic carbocycles. The van der Waals surface area contributed by atoms with Crippen LogP contribution in [0.1, 0.15) is 21.5 Å². The number of hydrogen-bond acceptors (Lipinski definition) is 2. The maximum absolute atomic E-state index is 13.7. The molecule has 2 rings (SSSR count). The predicted octanol–water partition coefficient (Wildman–Crippen LogP) is 4.22. The second-order valence-corrected chi connectivity index (χ2v) is 4.98. The molecule has 0 N–H and O–H groups in total. The summed E-state index contributed by atoms with van der Waals surface area (Å²) >= 11 is 5.82. The zero-order chi connectivity index (χ0) is 14.7. The van der Waals surface area contributed by atoms with Crippen molar-refractivity contribution in [2.24, 2.45) is 0 Å². The topological polar surface area (TPSA) is 26.3 Å². The third-order valence-electron chi connectivity index (χ3n) is 3.02. The molecule has 0 aliphatic rings. The fraction of sp³-hybridized carbons (Fsp3) is 0.188. The Kier molecular flexibility index (Phi) is 4.40. The van der Waals surface area contributed by atoms with Crippen LogP contribution in [0.15, 0.2) is 36.4 Å². The number of Topliss-reactive ketones (excluding diaryl/α,β-unsaturated/α-hetero) is 1. The molecule has 20 heavy (non-hydrogen) atoms. The van der Waals surface area contributed by atoms with Gasteiger partial charge in [0.25, 0.3) is 0 Å². The molecule has 2 aromatic rings. The first kappa shape index (κ1) is 14.5. The summed E-state index contributed by atoms with van der Waals surface area (Å²) < 4.78 is 18.8. The van der Waals surface area contributed by atoms with Gasteiger partial charge in [0.1, 0.15) is 11.6 Å². The van der Waals surface area contributed by atoms with Crippen LogP contribution in [-0.4, -0.2) is 12.9 Å². The zero-order valence-electron chi connectivity index (χ0n) is 11.2. The van der Waals surface area contributed by atoms with Crippen LogP contribution in [0.5, 0.6) is 5.75 Å². The molecule has 0 fully saturated rings. The van der Waals surface area contributed by atoms with Gasteiger partial charge in [-0.2, -0.15) is 0 Å². The van der Waals surface area contributed by atoms with E-state index >= 15 is 0 Å². The second-order valence-electron chi connectivity index (χ2n) is 4.54. The van der Waals surface area contributed by atoms with Crippen LogP contribution in [0.2, 0.25) is 5.02 Å². The highest BCUT2D eigenvalue weighted by Gasteiger charge is 2.15. The summed E-state index contributed by atoms with van der Waals surface area (Å²) in [5.41, 5.74) is 1.72. The number of ether oxygens (including phenoxy) is 1. The van der Waals surface area contributed by atoms with Gasteiger partial charge in [0.05, 0.1) is 12.7 Å². The van der Waals surface area contributed by atoms with Crippen molar-refractivity contribution in [2.75, 3.05) is 7.11 Å². The van der Waals surface area contributed by atoms with Crippen LogP contribution in [-0.2, 0) is 6.42 Å². The van der Waals surface area contributed by atoms with Gasteiger partial charge >= 0.3 is 0 Å². The maximum Gasteiger partial charge on any atom is 0.171 e. The van der Waals surface area contributed by atoms with Crippen LogP contribution in [0, 0.1) is 12.7 Å². The van der Waals surface area contributed by atoms with Crippen LogP contribution in [0.25, 0.3) is 0 Å². The minimum atomic E-state index is -0.436. The summed E-state index contributed by atoms with van der Waals surface area (Å²) in [6.45, 7) is 1.91. The van der Waals surface area contributed by atoms with Crippen LogP contribution >= 0.6 is 11.6 Å². The van der Waals surface area contributed by atoms with Gasteiger partial charge in [0.15, 0.2) is 5.78 Å². The monoisotopic (exact) mass is 292 g/mol. The van der Waals surface area contributed by atoms with Gasteiger partial charge in [-0.1, -0.05) is 17.7 Å². The molecule has 2 nitrogen and oxygen atoms in total. The first-order chi connectivity index (χ1) is 9.51. The number of methoxy groups -OCH3 is 1. The lowest BCUT2D eigenvalue weighted by Crippen LogP contribution is -2.07. The van der Waals surface area contributed by atoms with Crippen molar-refractivity contribution in [3.8, 4) is 5.75 Å². The number of rotatable bonds is 4. The number of carbonyl (C=O) groups is 1. The van der Waals surface area contributed by atoms with E-state index in [1.807, 2.05) is 13.0 Å². The smallest absolute Gasteiger partial charge is 0.171 e. The van der Waals surface area contributed by atoms with Gasteiger partial charge < -0.3 is 4.74 Å². The minimum Gasteiger partial charge on any atom is -0.496 e. The number of aryl methyl sites for hydroxylation is 1. The van der Waals surface area contributed by atoms with Crippen molar-refractivity contribution >= 4 is 17.4 Å². The average molecular weight is 293 g/mol. The second kappa shape index (κ2) is 6.06. The number of carbonyl (C=O) groups excluding carboxylic acids is 1. The van der Waals surface area contributed by atoms with E-state index in [1.54, 1.807) is 12.1 Å². The first-order valence-electron chi connectivity index (χ1n) is 6.13. The maximum atomic E-state index is 13.7. The van der Waals surface area contributed by atoms with Crippen molar-refractivity contribution in [2.45, 2.75) is 13.3 Å². The summed E-state index contributed by atoms with van der Waals surface area (Å²) in [5, 5.41) is 0.407. The summed E-state index contributed by atoms with van der Waals surface area (Å²) in [6, 6.07) is 9.48. The van der Waals surface area contributed by atoms with Crippen LogP contribution in [0.4, 0.5) is 4.39 Å². The van der Waals surface area contributed by atoms with Gasteiger partial charge in [-0.25, -0.2) is 4.39 Å². The molecule has 0 unspecified atom stereocenters. The highest BCUT2D eigenvalue weighted by molar-refractivity contribution is 6.30. The Labute approximate surface area is 122 Å². The molecule has 4 heteroatoms. The minimum absolute atomic E-state index is 0.0498. The number of hydrogen-bond donors (Lipinski definition) is 0. The normalized spacial score (nSPS) is 10.4. The molecule has 0 aliphatic carbocycles. The molecule has 0 spiro atoms. The molecule has 0 saturated carbocycles. The van der Waals surface area contributed by atoms with Crippen molar-refractivity contribution in [3.63, 3.8) is 0 Å².